The van der Waals surface area contributed by atoms with E-state index in [1.807, 2.05) is 38.4 Å². The number of benzene rings is 1. The summed E-state index contributed by atoms with van der Waals surface area (Å²) in [5.74, 6) is 0. The molecule has 0 saturated heterocycles. The number of likely N-dealkylation sites (N-methyl/N-ethyl adjacent to an activating group) is 1. The zero-order chi connectivity index (χ0) is 9.68. The Morgan fingerprint density at radius 3 is 2.69 bits per heavy atom. The average Bonchev–Trinajstić information content (AvgIpc) is 2.20. The summed E-state index contributed by atoms with van der Waals surface area (Å²) >= 11 is 0. The minimum absolute atomic E-state index is 0.0216. The van der Waals surface area contributed by atoms with Gasteiger partial charge in [0.05, 0.1) is 12.6 Å². The highest BCUT2D eigenvalue weighted by atomic mass is 16.3. The lowest BCUT2D eigenvalue weighted by molar-refractivity contribution is 0.251. The van der Waals surface area contributed by atoms with E-state index >= 15 is 0 Å². The average molecular weight is 180 g/mol. The lowest BCUT2D eigenvalue weighted by atomic mass is 10.1. The van der Waals surface area contributed by atoms with Gasteiger partial charge in [0.25, 0.3) is 0 Å². The van der Waals surface area contributed by atoms with E-state index in [0.29, 0.717) is 0 Å². The summed E-state index contributed by atoms with van der Waals surface area (Å²) in [6.07, 6.45) is 0. The molecule has 0 fully saturated rings. The molecule has 0 aliphatic carbocycles. The molecule has 0 radical (unpaired) electrons. The van der Waals surface area contributed by atoms with Gasteiger partial charge in [0, 0.05) is 12.7 Å². The van der Waals surface area contributed by atoms with E-state index in [1.165, 1.54) is 0 Å². The Morgan fingerprint density at radius 1 is 1.38 bits per heavy atom. The number of hydrogen-bond acceptors (Lipinski definition) is 3. The number of anilines is 1. The van der Waals surface area contributed by atoms with Crippen LogP contribution >= 0.6 is 0 Å². The van der Waals surface area contributed by atoms with E-state index in [0.717, 1.165) is 11.3 Å². The number of rotatable bonds is 4. The molecule has 13 heavy (non-hydrogen) atoms. The van der Waals surface area contributed by atoms with Crippen molar-refractivity contribution in [3.05, 3.63) is 29.8 Å². The zero-order valence-electron chi connectivity index (χ0n) is 8.04. The first-order valence-electron chi connectivity index (χ1n) is 4.37. The molecule has 0 heterocycles. The van der Waals surface area contributed by atoms with Gasteiger partial charge in [-0.1, -0.05) is 12.1 Å². The molecule has 0 aliphatic rings. The summed E-state index contributed by atoms with van der Waals surface area (Å²) in [4.78, 5) is 0. The van der Waals surface area contributed by atoms with Crippen LogP contribution < -0.4 is 10.6 Å². The van der Waals surface area contributed by atoms with Crippen LogP contribution in [0.25, 0.3) is 0 Å². The van der Waals surface area contributed by atoms with Crippen molar-refractivity contribution in [1.82, 2.24) is 5.32 Å². The summed E-state index contributed by atoms with van der Waals surface area (Å²) in [5.41, 5.74) is 2.16. The second kappa shape index (κ2) is 4.84. The van der Waals surface area contributed by atoms with Crippen molar-refractivity contribution in [2.24, 2.45) is 0 Å². The van der Waals surface area contributed by atoms with Crippen molar-refractivity contribution >= 4 is 5.69 Å². The van der Waals surface area contributed by atoms with Crippen molar-refractivity contribution in [3.8, 4) is 0 Å². The van der Waals surface area contributed by atoms with E-state index in [4.69, 9.17) is 5.11 Å². The lowest BCUT2D eigenvalue weighted by Gasteiger charge is -2.14. The normalized spacial score (nSPS) is 12.5. The van der Waals surface area contributed by atoms with Gasteiger partial charge in [-0.2, -0.15) is 0 Å². The van der Waals surface area contributed by atoms with Crippen LogP contribution in [0.15, 0.2) is 24.3 Å². The van der Waals surface area contributed by atoms with Gasteiger partial charge in [-0.15, -0.1) is 0 Å². The second-order valence-electron chi connectivity index (χ2n) is 2.90. The van der Waals surface area contributed by atoms with Crippen LogP contribution in [0.1, 0.15) is 11.6 Å². The minimum Gasteiger partial charge on any atom is -0.394 e. The van der Waals surface area contributed by atoms with E-state index in [1.54, 1.807) is 0 Å². The van der Waals surface area contributed by atoms with Gasteiger partial charge in [0.15, 0.2) is 0 Å². The molecule has 3 heteroatoms. The van der Waals surface area contributed by atoms with Crippen molar-refractivity contribution in [2.45, 2.75) is 6.04 Å². The standard InChI is InChI=1S/C10H16N2O/c1-11-9-5-3-4-8(6-9)10(7-13)12-2/h3-6,10-13H,7H2,1-2H3/t10-/m0/s1. The zero-order valence-corrected chi connectivity index (χ0v) is 8.04. The van der Waals surface area contributed by atoms with E-state index in [-0.39, 0.29) is 12.6 Å². The van der Waals surface area contributed by atoms with Crippen molar-refractivity contribution in [2.75, 3.05) is 26.0 Å². The number of nitrogens with one attached hydrogen (secondary N) is 2. The largest absolute Gasteiger partial charge is 0.394 e. The first-order chi connectivity index (χ1) is 6.31. The molecule has 3 nitrogen and oxygen atoms in total. The van der Waals surface area contributed by atoms with Gasteiger partial charge < -0.3 is 15.7 Å². The molecule has 0 spiro atoms. The predicted octanol–water partition coefficient (Wildman–Crippen LogP) is 0.981. The molecule has 1 aromatic carbocycles. The first-order valence-corrected chi connectivity index (χ1v) is 4.37. The van der Waals surface area contributed by atoms with Crippen LogP contribution in [0.2, 0.25) is 0 Å². The summed E-state index contributed by atoms with van der Waals surface area (Å²) in [6.45, 7) is 0.115. The highest BCUT2D eigenvalue weighted by molar-refractivity contribution is 5.45. The topological polar surface area (TPSA) is 44.3 Å². The molecule has 1 aromatic rings. The fourth-order valence-electron chi connectivity index (χ4n) is 1.27. The third-order valence-corrected chi connectivity index (χ3v) is 2.11. The molecule has 72 valence electrons. The third-order valence-electron chi connectivity index (χ3n) is 2.11. The van der Waals surface area contributed by atoms with Crippen LogP contribution in [-0.2, 0) is 0 Å². The Bertz CT molecular complexity index is 259. The van der Waals surface area contributed by atoms with E-state index in [9.17, 15) is 0 Å². The number of aliphatic hydroxyl groups is 1. The number of hydrogen-bond donors (Lipinski definition) is 3. The van der Waals surface area contributed by atoms with Crippen molar-refractivity contribution in [3.63, 3.8) is 0 Å². The summed E-state index contributed by atoms with van der Waals surface area (Å²) < 4.78 is 0. The highest BCUT2D eigenvalue weighted by Crippen LogP contribution is 2.16. The molecule has 0 saturated carbocycles. The maximum absolute atomic E-state index is 9.06. The molecule has 1 atom stereocenters. The quantitative estimate of drug-likeness (QED) is 0.647. The fraction of sp³-hybridized carbons (Fsp3) is 0.400. The Morgan fingerprint density at radius 2 is 2.15 bits per heavy atom. The lowest BCUT2D eigenvalue weighted by Crippen LogP contribution is -2.19. The number of aliphatic hydroxyl groups excluding tert-OH is 1. The maximum atomic E-state index is 9.06. The van der Waals surface area contributed by atoms with Crippen LogP contribution in [0.5, 0.6) is 0 Å². The molecule has 1 rings (SSSR count). The first kappa shape index (κ1) is 10.0. The second-order valence-corrected chi connectivity index (χ2v) is 2.90. The van der Waals surface area contributed by atoms with E-state index < -0.39 is 0 Å². The Kier molecular flexibility index (Phi) is 3.73. The molecule has 0 aliphatic heterocycles. The Labute approximate surface area is 78.8 Å². The molecule has 0 unspecified atom stereocenters. The SMILES string of the molecule is CNc1cccc([C@H](CO)NC)c1. The van der Waals surface area contributed by atoms with Crippen molar-refractivity contribution < 1.29 is 5.11 Å². The van der Waals surface area contributed by atoms with Gasteiger partial charge in [-0.05, 0) is 24.7 Å². The van der Waals surface area contributed by atoms with Gasteiger partial charge >= 0.3 is 0 Å². The van der Waals surface area contributed by atoms with Gasteiger partial charge in [0.2, 0.25) is 0 Å². The van der Waals surface area contributed by atoms with Crippen LogP contribution in [0, 0.1) is 0 Å². The molecular formula is C10H16N2O. The molecule has 3 N–H and O–H groups in total. The highest BCUT2D eigenvalue weighted by Gasteiger charge is 2.06. The van der Waals surface area contributed by atoms with Crippen LogP contribution in [-0.4, -0.2) is 25.8 Å². The smallest absolute Gasteiger partial charge is 0.0626 e. The Hall–Kier alpha value is -1.06. The molecular weight excluding hydrogens is 164 g/mol. The Balaban J connectivity index is 2.86. The fourth-order valence-corrected chi connectivity index (χ4v) is 1.27. The van der Waals surface area contributed by atoms with Gasteiger partial charge in [-0.3, -0.25) is 0 Å². The van der Waals surface area contributed by atoms with Crippen LogP contribution in [0.3, 0.4) is 0 Å². The monoisotopic (exact) mass is 180 g/mol. The van der Waals surface area contributed by atoms with E-state index in [2.05, 4.69) is 10.6 Å². The van der Waals surface area contributed by atoms with Crippen molar-refractivity contribution in [1.29, 1.82) is 0 Å². The summed E-state index contributed by atoms with van der Waals surface area (Å²) in [5, 5.41) is 15.2. The predicted molar refractivity (Wildman–Crippen MR) is 54.9 cm³/mol. The molecule has 0 aromatic heterocycles. The third kappa shape index (κ3) is 2.44. The van der Waals surface area contributed by atoms with Crippen LogP contribution in [0.4, 0.5) is 5.69 Å². The molecule has 0 amide bonds. The van der Waals surface area contributed by atoms with Gasteiger partial charge in [-0.25, -0.2) is 0 Å². The summed E-state index contributed by atoms with van der Waals surface area (Å²) in [7, 11) is 3.72. The minimum atomic E-state index is 0.0216. The summed E-state index contributed by atoms with van der Waals surface area (Å²) in [6, 6.07) is 8.01. The molecule has 0 bridgehead atoms. The maximum Gasteiger partial charge on any atom is 0.0626 e. The van der Waals surface area contributed by atoms with Gasteiger partial charge in [0.1, 0.15) is 0 Å².